The number of carbonyl (C=O) groups excluding carboxylic acids is 1. The van der Waals surface area contributed by atoms with Crippen LogP contribution < -0.4 is 4.74 Å². The standard InChI is InChI=1S/C17H24O3/c1-6-13(2)19-15-9-7-8-14(12-15)10-11-16(18)20-17(3,4)5/h7-13H,6H2,1-5H3. The van der Waals surface area contributed by atoms with Crippen molar-refractivity contribution in [2.24, 2.45) is 0 Å². The van der Waals surface area contributed by atoms with Crippen LogP contribution in [0, 0.1) is 0 Å². The van der Waals surface area contributed by atoms with Crippen molar-refractivity contribution in [1.29, 1.82) is 0 Å². The van der Waals surface area contributed by atoms with Crippen LogP contribution in [0.25, 0.3) is 6.08 Å². The Balaban J connectivity index is 2.68. The quantitative estimate of drug-likeness (QED) is 0.596. The predicted octanol–water partition coefficient (Wildman–Crippen LogP) is 4.22. The SMILES string of the molecule is CCC(C)Oc1cccc(C=CC(=O)OC(C)(C)C)c1. The van der Waals surface area contributed by atoms with Crippen LogP contribution in [-0.2, 0) is 9.53 Å². The van der Waals surface area contributed by atoms with Crippen molar-refractivity contribution >= 4 is 12.0 Å². The van der Waals surface area contributed by atoms with Crippen LogP contribution in [-0.4, -0.2) is 17.7 Å². The van der Waals surface area contributed by atoms with Gasteiger partial charge >= 0.3 is 5.97 Å². The third-order valence-electron chi connectivity index (χ3n) is 2.59. The maximum absolute atomic E-state index is 11.6. The van der Waals surface area contributed by atoms with E-state index in [0.717, 1.165) is 17.7 Å². The molecule has 1 rings (SSSR count). The molecular formula is C17H24O3. The summed E-state index contributed by atoms with van der Waals surface area (Å²) in [6, 6.07) is 7.65. The third kappa shape index (κ3) is 6.41. The molecule has 0 amide bonds. The molecule has 0 bridgehead atoms. The molecule has 0 aliphatic rings. The molecule has 1 atom stereocenters. The zero-order chi connectivity index (χ0) is 15.2. The number of hydrogen-bond acceptors (Lipinski definition) is 3. The Morgan fingerprint density at radius 3 is 2.65 bits per heavy atom. The maximum atomic E-state index is 11.6. The van der Waals surface area contributed by atoms with E-state index in [1.807, 2.05) is 52.0 Å². The fourth-order valence-corrected chi connectivity index (χ4v) is 1.51. The minimum atomic E-state index is -0.469. The van der Waals surface area contributed by atoms with Gasteiger partial charge in [-0.3, -0.25) is 0 Å². The lowest BCUT2D eigenvalue weighted by atomic mass is 10.2. The summed E-state index contributed by atoms with van der Waals surface area (Å²) in [5.74, 6) is 0.469. The van der Waals surface area contributed by atoms with E-state index in [2.05, 4.69) is 6.92 Å². The Labute approximate surface area is 121 Å². The summed E-state index contributed by atoms with van der Waals surface area (Å²) < 4.78 is 11.0. The van der Waals surface area contributed by atoms with Crippen LogP contribution in [0.2, 0.25) is 0 Å². The van der Waals surface area contributed by atoms with Gasteiger partial charge < -0.3 is 9.47 Å². The largest absolute Gasteiger partial charge is 0.491 e. The van der Waals surface area contributed by atoms with Gasteiger partial charge in [0.2, 0.25) is 0 Å². The Bertz CT molecular complexity index is 469. The van der Waals surface area contributed by atoms with E-state index < -0.39 is 5.60 Å². The molecule has 0 spiro atoms. The lowest BCUT2D eigenvalue weighted by Gasteiger charge is -2.17. The Kier molecular flexibility index (Phi) is 5.81. The Hall–Kier alpha value is -1.77. The fraction of sp³-hybridized carbons (Fsp3) is 0.471. The highest BCUT2D eigenvalue weighted by Crippen LogP contribution is 2.17. The smallest absolute Gasteiger partial charge is 0.331 e. The molecule has 20 heavy (non-hydrogen) atoms. The number of hydrogen-bond donors (Lipinski definition) is 0. The van der Waals surface area contributed by atoms with Gasteiger partial charge in [0.05, 0.1) is 6.10 Å². The third-order valence-corrected chi connectivity index (χ3v) is 2.59. The van der Waals surface area contributed by atoms with Crippen molar-refractivity contribution in [3.05, 3.63) is 35.9 Å². The van der Waals surface area contributed by atoms with Crippen LogP contribution in [0.3, 0.4) is 0 Å². The zero-order valence-electron chi connectivity index (χ0n) is 13.0. The monoisotopic (exact) mass is 276 g/mol. The van der Waals surface area contributed by atoms with E-state index in [4.69, 9.17) is 9.47 Å². The first-order valence-corrected chi connectivity index (χ1v) is 6.98. The highest BCUT2D eigenvalue weighted by Gasteiger charge is 2.13. The zero-order valence-corrected chi connectivity index (χ0v) is 13.0. The molecule has 1 unspecified atom stereocenters. The summed E-state index contributed by atoms with van der Waals surface area (Å²) in [5, 5.41) is 0. The van der Waals surface area contributed by atoms with Crippen molar-refractivity contribution in [3.63, 3.8) is 0 Å². The normalized spacial score (nSPS) is 13.2. The van der Waals surface area contributed by atoms with Crippen molar-refractivity contribution in [1.82, 2.24) is 0 Å². The van der Waals surface area contributed by atoms with E-state index in [9.17, 15) is 4.79 Å². The molecule has 0 saturated carbocycles. The van der Waals surface area contributed by atoms with Gasteiger partial charge in [-0.1, -0.05) is 19.1 Å². The van der Waals surface area contributed by atoms with E-state index in [0.29, 0.717) is 0 Å². The number of ether oxygens (including phenoxy) is 2. The molecule has 1 aromatic carbocycles. The molecule has 0 aromatic heterocycles. The first-order chi connectivity index (χ1) is 9.30. The van der Waals surface area contributed by atoms with Gasteiger partial charge in [0.15, 0.2) is 0 Å². The van der Waals surface area contributed by atoms with Crippen molar-refractivity contribution in [3.8, 4) is 5.75 Å². The molecule has 0 aliphatic carbocycles. The van der Waals surface area contributed by atoms with Crippen molar-refractivity contribution < 1.29 is 14.3 Å². The summed E-state index contributed by atoms with van der Waals surface area (Å²) >= 11 is 0. The molecule has 3 heteroatoms. The summed E-state index contributed by atoms with van der Waals surface area (Å²) in [5.41, 5.74) is 0.444. The second-order valence-electron chi connectivity index (χ2n) is 5.78. The number of rotatable bonds is 5. The second-order valence-corrected chi connectivity index (χ2v) is 5.78. The van der Waals surface area contributed by atoms with E-state index in [1.54, 1.807) is 6.08 Å². The molecule has 0 saturated heterocycles. The molecule has 3 nitrogen and oxygen atoms in total. The van der Waals surface area contributed by atoms with Gasteiger partial charge in [-0.15, -0.1) is 0 Å². The number of esters is 1. The second kappa shape index (κ2) is 7.13. The van der Waals surface area contributed by atoms with Gasteiger partial charge in [-0.05, 0) is 57.9 Å². The molecule has 1 aromatic rings. The predicted molar refractivity (Wildman–Crippen MR) is 81.7 cm³/mol. The van der Waals surface area contributed by atoms with Gasteiger partial charge in [-0.2, -0.15) is 0 Å². The minimum Gasteiger partial charge on any atom is -0.491 e. The van der Waals surface area contributed by atoms with Gasteiger partial charge in [0, 0.05) is 6.08 Å². The minimum absolute atomic E-state index is 0.181. The molecule has 0 radical (unpaired) electrons. The van der Waals surface area contributed by atoms with Crippen LogP contribution >= 0.6 is 0 Å². The molecular weight excluding hydrogens is 252 g/mol. The van der Waals surface area contributed by atoms with Crippen LogP contribution in [0.1, 0.15) is 46.6 Å². The van der Waals surface area contributed by atoms with Crippen LogP contribution in [0.15, 0.2) is 30.3 Å². The van der Waals surface area contributed by atoms with E-state index in [-0.39, 0.29) is 12.1 Å². The first kappa shape index (κ1) is 16.3. The van der Waals surface area contributed by atoms with E-state index in [1.165, 1.54) is 6.08 Å². The van der Waals surface area contributed by atoms with E-state index >= 15 is 0 Å². The topological polar surface area (TPSA) is 35.5 Å². The van der Waals surface area contributed by atoms with Crippen LogP contribution in [0.5, 0.6) is 5.75 Å². The first-order valence-electron chi connectivity index (χ1n) is 6.98. The number of carbonyl (C=O) groups is 1. The molecule has 0 fully saturated rings. The molecule has 0 N–H and O–H groups in total. The fourth-order valence-electron chi connectivity index (χ4n) is 1.51. The van der Waals surface area contributed by atoms with Gasteiger partial charge in [0.1, 0.15) is 11.4 Å². The van der Waals surface area contributed by atoms with Crippen LogP contribution in [0.4, 0.5) is 0 Å². The van der Waals surface area contributed by atoms with Crippen molar-refractivity contribution in [2.45, 2.75) is 52.7 Å². The lowest BCUT2D eigenvalue weighted by molar-refractivity contribution is -0.148. The average Bonchev–Trinajstić information content (AvgIpc) is 2.34. The summed E-state index contributed by atoms with van der Waals surface area (Å²) in [6.07, 6.45) is 4.31. The molecule has 110 valence electrons. The summed E-state index contributed by atoms with van der Waals surface area (Å²) in [6.45, 7) is 9.65. The van der Waals surface area contributed by atoms with Gasteiger partial charge in [-0.25, -0.2) is 4.79 Å². The Morgan fingerprint density at radius 1 is 1.35 bits per heavy atom. The highest BCUT2D eigenvalue weighted by atomic mass is 16.6. The van der Waals surface area contributed by atoms with Gasteiger partial charge in [0.25, 0.3) is 0 Å². The number of benzene rings is 1. The molecule has 0 heterocycles. The maximum Gasteiger partial charge on any atom is 0.331 e. The Morgan fingerprint density at radius 2 is 2.05 bits per heavy atom. The lowest BCUT2D eigenvalue weighted by Crippen LogP contribution is -2.22. The summed E-state index contributed by atoms with van der Waals surface area (Å²) in [4.78, 5) is 11.6. The highest BCUT2D eigenvalue weighted by molar-refractivity contribution is 5.87. The average molecular weight is 276 g/mol. The molecule has 0 aliphatic heterocycles. The summed E-state index contributed by atoms with van der Waals surface area (Å²) in [7, 11) is 0. The van der Waals surface area contributed by atoms with Crippen molar-refractivity contribution in [2.75, 3.05) is 0 Å².